The number of sulfonamides is 1. The summed E-state index contributed by atoms with van der Waals surface area (Å²) in [4.78, 5) is 64.7. The molecule has 8 atom stereocenters. The Hall–Kier alpha value is -4.69. The molecular weight excluding hydrogens is 922 g/mol. The molecule has 6 heterocycles. The molecule has 0 bridgehead atoms. The van der Waals surface area contributed by atoms with E-state index in [1.165, 1.54) is 23.8 Å². The van der Waals surface area contributed by atoms with Crippen LogP contribution < -0.4 is 24.8 Å². The van der Waals surface area contributed by atoms with Gasteiger partial charge in [-0.2, -0.15) is 13.2 Å². The molecule has 8 aliphatic rings. The highest BCUT2D eigenvalue weighted by Crippen LogP contribution is 2.60. The lowest BCUT2D eigenvalue weighted by atomic mass is 9.54. The summed E-state index contributed by atoms with van der Waals surface area (Å²) >= 11 is 0. The number of hydrogen-bond donors (Lipinski definition) is 3. The largest absolute Gasteiger partial charge is 0.494 e. The summed E-state index contributed by atoms with van der Waals surface area (Å²) in [6, 6.07) is 3.25. The standard InChI is InChI=1S/C49H63F3N6O10S/c1-29(2)25-67-44(62)54-35-11-8-6-4-5-7-10-30-23-48(30,43(61)56-69(63,64)45(3)18-19-45)55-41(59)36-24-46(27-58(36)42(35)60)16-14-32-33-22-31(12-13-34(33)53-40(39(32)68-46)49(50,51)52)66-21-9-20-57-37-15-17-47(37)28-65-26-38(47)57/h7,10,12-13,22,29-30,35-38H,4-6,8-9,11,14-21,23-28H2,1-3H3,(H,54,62)(H,55,59)(H,56,61)/b10-7-/t30-,35+,36+,37?,38?,46-,47?,48-/m1/s1. The highest BCUT2D eigenvalue weighted by Gasteiger charge is 2.68. The third kappa shape index (κ3) is 8.71. The third-order valence-electron chi connectivity index (χ3n) is 16.4. The number of alkyl carbamates (subject to hydrolysis) is 1. The van der Waals surface area contributed by atoms with Gasteiger partial charge in [0.2, 0.25) is 21.8 Å². The average Bonchev–Trinajstić information content (AvgIpc) is 4.12. The van der Waals surface area contributed by atoms with Crippen LogP contribution in [0.3, 0.4) is 0 Å². The Bertz CT molecular complexity index is 2560. The van der Waals surface area contributed by atoms with Crippen molar-refractivity contribution in [1.82, 2.24) is 30.1 Å². The van der Waals surface area contributed by atoms with Gasteiger partial charge in [-0.3, -0.25) is 24.0 Å². The van der Waals surface area contributed by atoms with Crippen LogP contribution in [-0.4, -0.2) is 127 Å². The number of fused-ring (bicyclic) bond motifs is 5. The first-order valence-electron chi connectivity index (χ1n) is 24.8. The second kappa shape index (κ2) is 17.6. The second-order valence-electron chi connectivity index (χ2n) is 21.6. The number of allylic oxidation sites excluding steroid dienone is 1. The van der Waals surface area contributed by atoms with E-state index in [9.17, 15) is 27.6 Å². The molecule has 69 heavy (non-hydrogen) atoms. The molecule has 4 amide bonds. The minimum absolute atomic E-state index is 0.00125. The number of aromatic nitrogens is 1. The molecule has 5 aliphatic heterocycles. The molecule has 3 N–H and O–H groups in total. The Kier molecular flexibility index (Phi) is 12.2. The quantitative estimate of drug-likeness (QED) is 0.184. The lowest BCUT2D eigenvalue weighted by Crippen LogP contribution is -2.76. The highest BCUT2D eigenvalue weighted by atomic mass is 32.2. The summed E-state index contributed by atoms with van der Waals surface area (Å²) in [5.74, 6) is -2.96. The number of aryl methyl sites for hydroxylation is 1. The van der Waals surface area contributed by atoms with Gasteiger partial charge in [-0.1, -0.05) is 38.8 Å². The monoisotopic (exact) mass is 984 g/mol. The fourth-order valence-corrected chi connectivity index (χ4v) is 13.2. The van der Waals surface area contributed by atoms with E-state index in [0.717, 1.165) is 26.2 Å². The van der Waals surface area contributed by atoms with E-state index in [2.05, 4.69) is 25.2 Å². The highest BCUT2D eigenvalue weighted by molar-refractivity contribution is 7.91. The number of alkyl halides is 3. The number of nitrogens with one attached hydrogen (secondary N) is 3. The first-order valence-corrected chi connectivity index (χ1v) is 26.2. The fraction of sp³-hybridized carbons (Fsp3) is 0.694. The summed E-state index contributed by atoms with van der Waals surface area (Å²) in [6.07, 6.45) is 4.45. The SMILES string of the molecule is CC(C)COC(=O)N[C@H]1CCCCC/C=C\[C@@H]2C[C@@]2(C(=O)NS(=O)(=O)C2(C)CC2)NC(=O)[C@@H]2C[C@]3(CCc4c(c(C(F)(F)F)nc5ccc(OCCCN6C7CCC78COCC68)cc45)O3)CN2C1=O. The van der Waals surface area contributed by atoms with Gasteiger partial charge in [-0.25, -0.2) is 18.2 Å². The van der Waals surface area contributed by atoms with E-state index in [0.29, 0.717) is 73.8 Å². The van der Waals surface area contributed by atoms with Gasteiger partial charge in [0.25, 0.3) is 5.91 Å². The molecule has 6 fully saturated rings. The van der Waals surface area contributed by atoms with Crippen molar-refractivity contribution in [3.05, 3.63) is 41.6 Å². The number of pyridine rings is 1. The summed E-state index contributed by atoms with van der Waals surface area (Å²) in [6.45, 7) is 7.86. The first kappa shape index (κ1) is 48.0. The number of carbonyl (C=O) groups excluding carboxylic acids is 4. The number of nitrogens with zero attached hydrogens (tertiary/aromatic N) is 3. The number of ether oxygens (including phenoxy) is 4. The van der Waals surface area contributed by atoms with Crippen LogP contribution in [0.15, 0.2) is 30.4 Å². The predicted molar refractivity (Wildman–Crippen MR) is 244 cm³/mol. The van der Waals surface area contributed by atoms with Crippen LogP contribution in [0.1, 0.15) is 115 Å². The molecule has 1 aromatic heterocycles. The number of halogens is 3. The number of likely N-dealkylation sites (tertiary alicyclic amines) is 1. The van der Waals surface area contributed by atoms with E-state index in [1.54, 1.807) is 25.1 Å². The van der Waals surface area contributed by atoms with Crippen molar-refractivity contribution in [2.75, 3.05) is 39.5 Å². The molecule has 1 aromatic carbocycles. The Morgan fingerprint density at radius 1 is 1.06 bits per heavy atom. The van der Waals surface area contributed by atoms with Crippen molar-refractivity contribution in [3.8, 4) is 11.5 Å². The van der Waals surface area contributed by atoms with E-state index in [4.69, 9.17) is 18.9 Å². The molecule has 2 aromatic rings. The van der Waals surface area contributed by atoms with Crippen molar-refractivity contribution in [1.29, 1.82) is 0 Å². The van der Waals surface area contributed by atoms with E-state index in [1.807, 2.05) is 19.9 Å². The Morgan fingerprint density at radius 3 is 2.61 bits per heavy atom. The van der Waals surface area contributed by atoms with Crippen LogP contribution in [0.4, 0.5) is 18.0 Å². The lowest BCUT2D eigenvalue weighted by molar-refractivity contribution is -0.178. The van der Waals surface area contributed by atoms with Gasteiger partial charge in [0.15, 0.2) is 11.4 Å². The van der Waals surface area contributed by atoms with Crippen LogP contribution in [0.5, 0.6) is 11.5 Å². The van der Waals surface area contributed by atoms with Crippen molar-refractivity contribution < 1.29 is 59.7 Å². The van der Waals surface area contributed by atoms with Crippen molar-refractivity contribution >= 4 is 44.7 Å². The van der Waals surface area contributed by atoms with Crippen molar-refractivity contribution in [3.63, 3.8) is 0 Å². The molecule has 2 spiro atoms. The number of hydrogen-bond acceptors (Lipinski definition) is 12. The maximum atomic E-state index is 15.1. The van der Waals surface area contributed by atoms with Crippen LogP contribution >= 0.6 is 0 Å². The van der Waals surface area contributed by atoms with Gasteiger partial charge < -0.3 is 34.5 Å². The van der Waals surface area contributed by atoms with E-state index >= 15 is 13.2 Å². The topological polar surface area (TPSA) is 195 Å². The molecular formula is C49H63F3N6O10S. The van der Waals surface area contributed by atoms with Crippen LogP contribution in [0.25, 0.3) is 10.9 Å². The van der Waals surface area contributed by atoms with Gasteiger partial charge >= 0.3 is 12.3 Å². The second-order valence-corrected chi connectivity index (χ2v) is 23.8. The zero-order valence-electron chi connectivity index (χ0n) is 39.5. The van der Waals surface area contributed by atoms with Crippen LogP contribution in [-0.2, 0) is 46.5 Å². The molecule has 20 heteroatoms. The summed E-state index contributed by atoms with van der Waals surface area (Å²) in [7, 11) is -4.11. The number of piperidine rings is 1. The van der Waals surface area contributed by atoms with Gasteiger partial charge in [0.05, 0.1) is 43.2 Å². The minimum Gasteiger partial charge on any atom is -0.494 e. The summed E-state index contributed by atoms with van der Waals surface area (Å²) < 4.78 is 96.9. The molecule has 376 valence electrons. The molecule has 3 saturated heterocycles. The van der Waals surface area contributed by atoms with Gasteiger partial charge in [-0.05, 0) is 102 Å². The van der Waals surface area contributed by atoms with Gasteiger partial charge in [0.1, 0.15) is 29.0 Å². The van der Waals surface area contributed by atoms with Crippen LogP contribution in [0, 0.1) is 17.3 Å². The van der Waals surface area contributed by atoms with Crippen LogP contribution in [0.2, 0.25) is 0 Å². The number of benzene rings is 1. The van der Waals surface area contributed by atoms with E-state index in [-0.39, 0.29) is 62.3 Å². The summed E-state index contributed by atoms with van der Waals surface area (Å²) in [5.41, 5.74) is -3.75. The Labute approximate surface area is 400 Å². The first-order chi connectivity index (χ1) is 32.8. The Morgan fingerprint density at radius 2 is 1.87 bits per heavy atom. The lowest BCUT2D eigenvalue weighted by Gasteiger charge is -2.67. The van der Waals surface area contributed by atoms with Crippen molar-refractivity contribution in [2.45, 2.75) is 157 Å². The zero-order valence-corrected chi connectivity index (χ0v) is 40.3. The molecule has 3 aliphatic carbocycles. The maximum Gasteiger partial charge on any atom is 0.437 e. The molecule has 10 rings (SSSR count). The average molecular weight is 985 g/mol. The number of rotatable bonds is 11. The van der Waals surface area contributed by atoms with Gasteiger partial charge in [-0.15, -0.1) is 0 Å². The van der Waals surface area contributed by atoms with E-state index < -0.39 is 85.3 Å². The van der Waals surface area contributed by atoms with Crippen molar-refractivity contribution in [2.24, 2.45) is 17.3 Å². The predicted octanol–water partition coefficient (Wildman–Crippen LogP) is 5.69. The maximum absolute atomic E-state index is 15.1. The fourth-order valence-electron chi connectivity index (χ4n) is 11.8. The molecule has 3 unspecified atom stereocenters. The third-order valence-corrected chi connectivity index (χ3v) is 18.5. The Balaban J connectivity index is 0.936. The molecule has 3 saturated carbocycles. The molecule has 16 nitrogen and oxygen atoms in total. The number of carbonyl (C=O) groups is 4. The number of amides is 4. The normalized spacial score (nSPS) is 33.1. The molecule has 0 radical (unpaired) electrons. The smallest absolute Gasteiger partial charge is 0.437 e. The summed E-state index contributed by atoms with van der Waals surface area (Å²) in [5, 5.41) is 5.94. The zero-order chi connectivity index (χ0) is 48.7. The van der Waals surface area contributed by atoms with Gasteiger partial charge in [0, 0.05) is 47.3 Å². The minimum atomic E-state index is -4.95.